The first-order chi connectivity index (χ1) is 11.1. The number of carbonyl (C=O) groups is 1. The monoisotopic (exact) mass is 317 g/mol. The highest BCUT2D eigenvalue weighted by Gasteiger charge is 2.31. The van der Waals surface area contributed by atoms with Crippen LogP contribution in [-0.4, -0.2) is 42.7 Å². The van der Waals surface area contributed by atoms with Gasteiger partial charge in [0.05, 0.1) is 25.3 Å². The van der Waals surface area contributed by atoms with Crippen LogP contribution in [0.15, 0.2) is 24.3 Å². The van der Waals surface area contributed by atoms with Crippen molar-refractivity contribution in [2.75, 3.05) is 19.8 Å². The Balaban J connectivity index is 1.61. The van der Waals surface area contributed by atoms with Crippen LogP contribution in [0.5, 0.6) is 0 Å². The van der Waals surface area contributed by atoms with Crippen molar-refractivity contribution < 1.29 is 14.3 Å². The maximum atomic E-state index is 12.6. The number of rotatable bonds is 4. The zero-order valence-electron chi connectivity index (χ0n) is 14.2. The van der Waals surface area contributed by atoms with Crippen LogP contribution in [-0.2, 0) is 14.3 Å². The number of benzene rings is 1. The number of hydrogen-bond donors (Lipinski definition) is 0. The van der Waals surface area contributed by atoms with Gasteiger partial charge in [-0.05, 0) is 44.2 Å². The zero-order chi connectivity index (χ0) is 16.2. The van der Waals surface area contributed by atoms with E-state index in [0.717, 1.165) is 25.9 Å². The molecule has 2 aliphatic heterocycles. The predicted octanol–water partition coefficient (Wildman–Crippen LogP) is 3.24. The minimum atomic E-state index is -0.0147. The van der Waals surface area contributed by atoms with Crippen LogP contribution in [0.1, 0.15) is 49.8 Å². The Morgan fingerprint density at radius 2 is 2.13 bits per heavy atom. The Bertz CT molecular complexity index is 539. The third-order valence-electron chi connectivity index (χ3n) is 4.99. The Kier molecular flexibility index (Phi) is 5.34. The summed E-state index contributed by atoms with van der Waals surface area (Å²) in [4.78, 5) is 14.6. The lowest BCUT2D eigenvalue weighted by atomic mass is 10.0. The van der Waals surface area contributed by atoms with Crippen molar-refractivity contribution in [2.45, 2.75) is 57.8 Å². The van der Waals surface area contributed by atoms with Gasteiger partial charge in [0.2, 0.25) is 5.91 Å². The fourth-order valence-corrected chi connectivity index (χ4v) is 3.54. The van der Waals surface area contributed by atoms with Gasteiger partial charge in [0.15, 0.2) is 0 Å². The van der Waals surface area contributed by atoms with Crippen molar-refractivity contribution in [1.82, 2.24) is 4.90 Å². The molecule has 2 aliphatic rings. The molecular weight excluding hydrogens is 290 g/mol. The molecule has 3 atom stereocenters. The molecule has 4 nitrogen and oxygen atoms in total. The van der Waals surface area contributed by atoms with Gasteiger partial charge in [-0.2, -0.15) is 0 Å². The van der Waals surface area contributed by atoms with E-state index in [9.17, 15) is 4.79 Å². The lowest BCUT2D eigenvalue weighted by Gasteiger charge is -2.39. The molecule has 0 radical (unpaired) electrons. The minimum Gasteiger partial charge on any atom is -0.378 e. The van der Waals surface area contributed by atoms with Crippen molar-refractivity contribution in [3.8, 4) is 0 Å². The first kappa shape index (κ1) is 16.5. The van der Waals surface area contributed by atoms with Crippen LogP contribution < -0.4 is 0 Å². The van der Waals surface area contributed by atoms with Crippen LogP contribution in [0.3, 0.4) is 0 Å². The highest BCUT2D eigenvalue weighted by atomic mass is 16.5. The average Bonchev–Trinajstić information content (AvgIpc) is 3.07. The molecule has 4 heteroatoms. The molecule has 126 valence electrons. The Morgan fingerprint density at radius 3 is 2.87 bits per heavy atom. The molecule has 1 aromatic carbocycles. The second kappa shape index (κ2) is 7.45. The summed E-state index contributed by atoms with van der Waals surface area (Å²) in [5.41, 5.74) is 2.41. The number of amides is 1. The molecular formula is C19H27NO3. The molecule has 0 N–H and O–H groups in total. The number of aryl methyl sites for hydroxylation is 1. The van der Waals surface area contributed by atoms with Crippen molar-refractivity contribution >= 4 is 5.91 Å². The van der Waals surface area contributed by atoms with Crippen LogP contribution in [0.25, 0.3) is 0 Å². The standard InChI is InChI=1S/C19H27NO3/c1-14-6-3-4-8-17(14)18-12-20(15(2)13-23-18)19(21)10-9-16-7-5-11-22-16/h3-4,6,8,15-16,18H,5,7,9-13H2,1-2H3/t15-,16-,18-/m0/s1. The normalized spacial score (nSPS) is 28.1. The van der Waals surface area contributed by atoms with Crippen LogP contribution in [0.4, 0.5) is 0 Å². The molecule has 0 spiro atoms. The number of nitrogens with zero attached hydrogens (tertiary/aromatic N) is 1. The highest BCUT2D eigenvalue weighted by Crippen LogP contribution is 2.28. The molecule has 1 amide bonds. The fourth-order valence-electron chi connectivity index (χ4n) is 3.54. The van der Waals surface area contributed by atoms with E-state index in [4.69, 9.17) is 9.47 Å². The summed E-state index contributed by atoms with van der Waals surface area (Å²) < 4.78 is 11.6. The van der Waals surface area contributed by atoms with E-state index in [1.165, 1.54) is 11.1 Å². The molecule has 0 aliphatic carbocycles. The van der Waals surface area contributed by atoms with E-state index in [1.54, 1.807) is 0 Å². The Morgan fingerprint density at radius 1 is 1.30 bits per heavy atom. The minimum absolute atomic E-state index is 0.0147. The van der Waals surface area contributed by atoms with Crippen LogP contribution >= 0.6 is 0 Å². The van der Waals surface area contributed by atoms with E-state index in [2.05, 4.69) is 26.0 Å². The fraction of sp³-hybridized carbons (Fsp3) is 0.632. The van der Waals surface area contributed by atoms with Crippen LogP contribution in [0.2, 0.25) is 0 Å². The van der Waals surface area contributed by atoms with Gasteiger partial charge >= 0.3 is 0 Å². The number of hydrogen-bond acceptors (Lipinski definition) is 3. The number of morpholine rings is 1. The van der Waals surface area contributed by atoms with Gasteiger partial charge in [-0.3, -0.25) is 4.79 Å². The predicted molar refractivity (Wildman–Crippen MR) is 89.3 cm³/mol. The second-order valence-electron chi connectivity index (χ2n) is 6.75. The Labute approximate surface area is 138 Å². The van der Waals surface area contributed by atoms with E-state index in [-0.39, 0.29) is 24.2 Å². The van der Waals surface area contributed by atoms with Crippen molar-refractivity contribution in [3.63, 3.8) is 0 Å². The van der Waals surface area contributed by atoms with Gasteiger partial charge in [-0.1, -0.05) is 24.3 Å². The largest absolute Gasteiger partial charge is 0.378 e. The highest BCUT2D eigenvalue weighted by molar-refractivity contribution is 5.76. The third-order valence-corrected chi connectivity index (χ3v) is 4.99. The van der Waals surface area contributed by atoms with E-state index < -0.39 is 0 Å². The SMILES string of the molecule is Cc1ccccc1[C@@H]1CN(C(=O)CC[C@@H]2CCCO2)[C@@H](C)CO1. The summed E-state index contributed by atoms with van der Waals surface area (Å²) in [6, 6.07) is 8.42. The van der Waals surface area contributed by atoms with Crippen molar-refractivity contribution in [3.05, 3.63) is 35.4 Å². The maximum absolute atomic E-state index is 12.6. The quantitative estimate of drug-likeness (QED) is 0.856. The van der Waals surface area contributed by atoms with Gasteiger partial charge in [0.25, 0.3) is 0 Å². The molecule has 1 aromatic rings. The number of carbonyl (C=O) groups excluding carboxylic acids is 1. The van der Waals surface area contributed by atoms with Gasteiger partial charge < -0.3 is 14.4 Å². The molecule has 0 unspecified atom stereocenters. The summed E-state index contributed by atoms with van der Waals surface area (Å²) in [6.45, 7) is 6.27. The smallest absolute Gasteiger partial charge is 0.223 e. The topological polar surface area (TPSA) is 38.8 Å². The molecule has 2 saturated heterocycles. The van der Waals surface area contributed by atoms with E-state index in [1.807, 2.05) is 17.0 Å². The van der Waals surface area contributed by atoms with Gasteiger partial charge in [0.1, 0.15) is 6.10 Å². The summed E-state index contributed by atoms with van der Waals surface area (Å²) in [6.07, 6.45) is 3.91. The van der Waals surface area contributed by atoms with Gasteiger partial charge in [-0.25, -0.2) is 0 Å². The average molecular weight is 317 g/mol. The molecule has 0 saturated carbocycles. The molecule has 0 bridgehead atoms. The lowest BCUT2D eigenvalue weighted by molar-refractivity contribution is -0.145. The van der Waals surface area contributed by atoms with E-state index in [0.29, 0.717) is 19.6 Å². The van der Waals surface area contributed by atoms with Crippen molar-refractivity contribution in [2.24, 2.45) is 0 Å². The first-order valence-electron chi connectivity index (χ1n) is 8.73. The van der Waals surface area contributed by atoms with Crippen molar-refractivity contribution in [1.29, 1.82) is 0 Å². The number of ether oxygens (including phenoxy) is 2. The lowest BCUT2D eigenvalue weighted by Crippen LogP contribution is -2.48. The van der Waals surface area contributed by atoms with Crippen LogP contribution in [0, 0.1) is 6.92 Å². The first-order valence-corrected chi connectivity index (χ1v) is 8.73. The third kappa shape index (κ3) is 3.93. The maximum Gasteiger partial charge on any atom is 0.223 e. The zero-order valence-corrected chi connectivity index (χ0v) is 14.2. The molecule has 0 aromatic heterocycles. The summed E-state index contributed by atoms with van der Waals surface area (Å²) in [5, 5.41) is 0. The van der Waals surface area contributed by atoms with E-state index >= 15 is 0 Å². The Hall–Kier alpha value is -1.39. The summed E-state index contributed by atoms with van der Waals surface area (Å²) in [5.74, 6) is 0.231. The van der Waals surface area contributed by atoms with Gasteiger partial charge in [0, 0.05) is 13.0 Å². The van der Waals surface area contributed by atoms with Gasteiger partial charge in [-0.15, -0.1) is 0 Å². The molecule has 3 rings (SSSR count). The summed E-state index contributed by atoms with van der Waals surface area (Å²) in [7, 11) is 0. The second-order valence-corrected chi connectivity index (χ2v) is 6.75. The molecule has 2 fully saturated rings. The summed E-state index contributed by atoms with van der Waals surface area (Å²) >= 11 is 0. The molecule has 2 heterocycles. The molecule has 23 heavy (non-hydrogen) atoms.